The molecule has 34 heavy (non-hydrogen) atoms. The summed E-state index contributed by atoms with van der Waals surface area (Å²) in [6, 6.07) is 6.81. The molecular weight excluding hydrogens is 476 g/mol. The highest BCUT2D eigenvalue weighted by atomic mass is 32.1. The molecule has 0 aliphatic heterocycles. The molecule has 9 nitrogen and oxygen atoms in total. The normalized spacial score (nSPS) is 14.7. The number of amides is 2. The fourth-order valence-electron chi connectivity index (χ4n) is 3.64. The lowest BCUT2D eigenvalue weighted by Crippen LogP contribution is -2.24. The first-order chi connectivity index (χ1) is 16.5. The smallest absolute Gasteiger partial charge is 0.311 e. The highest BCUT2D eigenvalue weighted by Crippen LogP contribution is 2.37. The van der Waals surface area contributed by atoms with Crippen LogP contribution < -0.4 is 15.4 Å². The van der Waals surface area contributed by atoms with Gasteiger partial charge in [0.15, 0.2) is 10.3 Å². The van der Waals surface area contributed by atoms with Crippen LogP contribution in [0.25, 0.3) is 0 Å². The van der Waals surface area contributed by atoms with Gasteiger partial charge >= 0.3 is 5.97 Å². The highest BCUT2D eigenvalue weighted by Gasteiger charge is 2.31. The maximum absolute atomic E-state index is 13.0. The zero-order valence-corrected chi connectivity index (χ0v) is 20.4. The largest absolute Gasteiger partial charge is 0.497 e. The van der Waals surface area contributed by atoms with E-state index in [4.69, 9.17) is 9.47 Å². The first-order valence-electron chi connectivity index (χ1n) is 10.8. The molecule has 0 spiro atoms. The molecule has 0 radical (unpaired) electrons. The predicted molar refractivity (Wildman–Crippen MR) is 130 cm³/mol. The summed E-state index contributed by atoms with van der Waals surface area (Å²) in [4.78, 5) is 47.1. The van der Waals surface area contributed by atoms with E-state index in [2.05, 4.69) is 20.6 Å². The third-order valence-corrected chi connectivity index (χ3v) is 7.11. The van der Waals surface area contributed by atoms with Gasteiger partial charge in [-0.3, -0.25) is 19.7 Å². The first kappa shape index (κ1) is 23.8. The average Bonchev–Trinajstić information content (AvgIpc) is 3.44. The van der Waals surface area contributed by atoms with E-state index in [1.165, 1.54) is 22.7 Å². The van der Waals surface area contributed by atoms with Gasteiger partial charge < -0.3 is 14.8 Å². The summed E-state index contributed by atoms with van der Waals surface area (Å²) < 4.78 is 10.1. The van der Waals surface area contributed by atoms with Crippen molar-refractivity contribution in [1.29, 1.82) is 0 Å². The average molecular weight is 501 g/mol. The number of rotatable bonds is 8. The second-order valence-electron chi connectivity index (χ2n) is 7.57. The van der Waals surface area contributed by atoms with Gasteiger partial charge in [0.05, 0.1) is 37.4 Å². The van der Waals surface area contributed by atoms with Crippen LogP contribution in [0, 0.1) is 0 Å². The Bertz CT molecular complexity index is 1190. The summed E-state index contributed by atoms with van der Waals surface area (Å²) in [6.07, 6.45) is 2.40. The van der Waals surface area contributed by atoms with Crippen LogP contribution in [0.3, 0.4) is 0 Å². The number of benzene rings is 1. The van der Waals surface area contributed by atoms with E-state index in [9.17, 15) is 14.4 Å². The summed E-state index contributed by atoms with van der Waals surface area (Å²) in [6.45, 7) is 2.06. The zero-order chi connectivity index (χ0) is 24.1. The third kappa shape index (κ3) is 5.60. The molecule has 1 aliphatic rings. The molecule has 1 aromatic carbocycles. The van der Waals surface area contributed by atoms with Crippen LogP contribution in [-0.2, 0) is 27.2 Å². The molecule has 3 aromatic rings. The van der Waals surface area contributed by atoms with E-state index in [0.29, 0.717) is 46.0 Å². The van der Waals surface area contributed by atoms with E-state index in [-0.39, 0.29) is 24.2 Å². The zero-order valence-electron chi connectivity index (χ0n) is 18.8. The van der Waals surface area contributed by atoms with E-state index in [0.717, 1.165) is 17.7 Å². The number of aryl methyl sites for hydroxylation is 1. The number of anilines is 2. The van der Waals surface area contributed by atoms with Crippen molar-refractivity contribution in [2.45, 2.75) is 38.5 Å². The van der Waals surface area contributed by atoms with Crippen LogP contribution in [0.4, 0.5) is 10.3 Å². The van der Waals surface area contributed by atoms with Crippen molar-refractivity contribution in [3.63, 3.8) is 0 Å². The molecule has 0 saturated carbocycles. The number of hydrogen-bond acceptors (Lipinski definition) is 9. The lowest BCUT2D eigenvalue weighted by atomic mass is 9.90. The SMILES string of the molecule is CCOC(=O)Cc1csc(NC(=O)C2CCCc3sc(NC(=O)c4ccc(OC)cc4)nc32)n1. The van der Waals surface area contributed by atoms with Crippen molar-refractivity contribution in [3.05, 3.63) is 51.5 Å². The number of esters is 1. The van der Waals surface area contributed by atoms with Crippen LogP contribution in [0.5, 0.6) is 5.75 Å². The van der Waals surface area contributed by atoms with Gasteiger partial charge in [0.25, 0.3) is 5.91 Å². The molecule has 1 atom stereocenters. The van der Waals surface area contributed by atoms with Crippen molar-refractivity contribution >= 4 is 50.7 Å². The molecule has 1 unspecified atom stereocenters. The number of methoxy groups -OCH3 is 1. The number of ether oxygens (including phenoxy) is 2. The number of nitrogens with zero attached hydrogens (tertiary/aromatic N) is 2. The van der Waals surface area contributed by atoms with Crippen LogP contribution in [0.2, 0.25) is 0 Å². The van der Waals surface area contributed by atoms with Gasteiger partial charge in [0.2, 0.25) is 5.91 Å². The number of thiazole rings is 2. The van der Waals surface area contributed by atoms with E-state index in [1.54, 1.807) is 43.7 Å². The molecule has 4 rings (SSSR count). The van der Waals surface area contributed by atoms with Gasteiger partial charge in [-0.25, -0.2) is 9.97 Å². The summed E-state index contributed by atoms with van der Waals surface area (Å²) in [5.41, 5.74) is 1.74. The minimum absolute atomic E-state index is 0.0666. The standard InChI is InChI=1S/C23H24N4O5S2/c1-3-32-18(28)11-14-12-33-22(24-14)27-21(30)16-5-4-6-17-19(16)25-23(34-17)26-20(29)13-7-9-15(31-2)10-8-13/h7-10,12,16H,3-6,11H2,1-2H3,(H,24,27,30)(H,25,26,29). The maximum atomic E-state index is 13.0. The van der Waals surface area contributed by atoms with Gasteiger partial charge in [-0.05, 0) is 50.5 Å². The molecule has 2 N–H and O–H groups in total. The minimum atomic E-state index is -0.427. The molecule has 11 heteroatoms. The lowest BCUT2D eigenvalue weighted by Gasteiger charge is -2.19. The maximum Gasteiger partial charge on any atom is 0.311 e. The van der Waals surface area contributed by atoms with Gasteiger partial charge in [-0.15, -0.1) is 22.7 Å². The van der Waals surface area contributed by atoms with Crippen molar-refractivity contribution in [3.8, 4) is 5.75 Å². The van der Waals surface area contributed by atoms with Crippen LogP contribution in [0.15, 0.2) is 29.6 Å². The minimum Gasteiger partial charge on any atom is -0.497 e. The topological polar surface area (TPSA) is 120 Å². The Hall–Kier alpha value is -3.31. The number of nitrogens with one attached hydrogen (secondary N) is 2. The quantitative estimate of drug-likeness (QED) is 0.448. The molecule has 2 aromatic heterocycles. The first-order valence-corrected chi connectivity index (χ1v) is 12.5. The Balaban J connectivity index is 1.42. The Morgan fingerprint density at radius 2 is 1.91 bits per heavy atom. The number of aromatic nitrogens is 2. The van der Waals surface area contributed by atoms with E-state index in [1.807, 2.05) is 0 Å². The summed E-state index contributed by atoms with van der Waals surface area (Å²) in [7, 11) is 1.57. The number of hydrogen-bond donors (Lipinski definition) is 2. The summed E-state index contributed by atoms with van der Waals surface area (Å²) in [5, 5.41) is 8.31. The fraction of sp³-hybridized carbons (Fsp3) is 0.348. The molecule has 2 amide bonds. The second kappa shape index (κ2) is 10.7. The lowest BCUT2D eigenvalue weighted by molar-refractivity contribution is -0.142. The van der Waals surface area contributed by atoms with Crippen molar-refractivity contribution in [2.24, 2.45) is 0 Å². The van der Waals surface area contributed by atoms with E-state index >= 15 is 0 Å². The predicted octanol–water partition coefficient (Wildman–Crippen LogP) is 4.02. The molecule has 178 valence electrons. The summed E-state index contributed by atoms with van der Waals surface area (Å²) in [5.74, 6) is -0.579. The highest BCUT2D eigenvalue weighted by molar-refractivity contribution is 7.16. The molecule has 0 saturated heterocycles. The Kier molecular flexibility index (Phi) is 7.53. The molecule has 2 heterocycles. The van der Waals surface area contributed by atoms with Crippen LogP contribution >= 0.6 is 22.7 Å². The van der Waals surface area contributed by atoms with Crippen LogP contribution in [-0.4, -0.2) is 41.5 Å². The van der Waals surface area contributed by atoms with E-state index < -0.39 is 5.92 Å². The van der Waals surface area contributed by atoms with Gasteiger partial charge in [0.1, 0.15) is 5.75 Å². The number of carbonyl (C=O) groups is 3. The molecule has 1 aliphatic carbocycles. The number of carbonyl (C=O) groups excluding carboxylic acids is 3. The Labute approximate surface area is 204 Å². The van der Waals surface area contributed by atoms with Gasteiger partial charge in [-0.1, -0.05) is 0 Å². The fourth-order valence-corrected chi connectivity index (χ4v) is 5.41. The van der Waals surface area contributed by atoms with Crippen molar-refractivity contribution < 1.29 is 23.9 Å². The molecule has 0 bridgehead atoms. The van der Waals surface area contributed by atoms with Crippen molar-refractivity contribution in [2.75, 3.05) is 24.4 Å². The summed E-state index contributed by atoms with van der Waals surface area (Å²) >= 11 is 2.66. The van der Waals surface area contributed by atoms with Crippen LogP contribution in [0.1, 0.15) is 52.3 Å². The Morgan fingerprint density at radius 1 is 1.12 bits per heavy atom. The Morgan fingerprint density at radius 3 is 2.65 bits per heavy atom. The van der Waals surface area contributed by atoms with Gasteiger partial charge in [-0.2, -0.15) is 0 Å². The second-order valence-corrected chi connectivity index (χ2v) is 9.51. The molecular formula is C23H24N4O5S2. The molecule has 0 fully saturated rings. The van der Waals surface area contributed by atoms with Crippen molar-refractivity contribution in [1.82, 2.24) is 9.97 Å². The number of fused-ring (bicyclic) bond motifs is 1. The van der Waals surface area contributed by atoms with Gasteiger partial charge in [0, 0.05) is 15.8 Å². The monoisotopic (exact) mass is 500 g/mol. The third-order valence-electron chi connectivity index (χ3n) is 5.26.